The third-order valence-corrected chi connectivity index (χ3v) is 4.25. The second kappa shape index (κ2) is 8.10. The molecular weight excluding hydrogens is 210 g/mol. The summed E-state index contributed by atoms with van der Waals surface area (Å²) in [5, 5.41) is 13.0. The van der Waals surface area contributed by atoms with E-state index in [1.54, 1.807) is 0 Å². The minimum Gasteiger partial charge on any atom is -0.379 e. The molecule has 2 N–H and O–H groups in total. The molecule has 0 radical (unpaired) electrons. The molecule has 102 valence electrons. The van der Waals surface area contributed by atoms with Crippen molar-refractivity contribution in [1.29, 1.82) is 0 Å². The summed E-state index contributed by atoms with van der Waals surface area (Å²) in [6.45, 7) is 6.49. The lowest BCUT2D eigenvalue weighted by Gasteiger charge is -2.35. The van der Waals surface area contributed by atoms with Crippen LogP contribution in [0.15, 0.2) is 0 Å². The molecule has 1 saturated carbocycles. The Morgan fingerprint density at radius 3 is 2.41 bits per heavy atom. The molecule has 0 heterocycles. The summed E-state index contributed by atoms with van der Waals surface area (Å²) >= 11 is 0. The summed E-state index contributed by atoms with van der Waals surface area (Å²) in [4.78, 5) is 0. The largest absolute Gasteiger partial charge is 0.379 e. The summed E-state index contributed by atoms with van der Waals surface area (Å²) in [5.74, 6) is 1.56. The van der Waals surface area contributed by atoms with Crippen molar-refractivity contribution >= 4 is 0 Å². The molecule has 4 atom stereocenters. The molecule has 17 heavy (non-hydrogen) atoms. The Balaban J connectivity index is 2.59. The van der Waals surface area contributed by atoms with E-state index in [1.807, 2.05) is 6.92 Å². The van der Waals surface area contributed by atoms with Gasteiger partial charge < -0.3 is 5.11 Å². The van der Waals surface area contributed by atoms with E-state index in [9.17, 15) is 5.11 Å². The van der Waals surface area contributed by atoms with Gasteiger partial charge in [0.2, 0.25) is 0 Å². The fraction of sp³-hybridized carbons (Fsp3) is 1.00. The predicted molar refractivity (Wildman–Crippen MR) is 73.9 cm³/mol. The van der Waals surface area contributed by atoms with Crippen LogP contribution in [0, 0.1) is 11.8 Å². The smallest absolute Gasteiger partial charge is 0.102 e. The van der Waals surface area contributed by atoms with Crippen LogP contribution in [0.25, 0.3) is 0 Å². The summed E-state index contributed by atoms with van der Waals surface area (Å²) in [6, 6.07) is 0.507. The number of hydrogen-bond donors (Lipinski definition) is 2. The summed E-state index contributed by atoms with van der Waals surface area (Å²) < 4.78 is 0. The van der Waals surface area contributed by atoms with Gasteiger partial charge in [-0.25, -0.2) is 0 Å². The third kappa shape index (κ3) is 5.39. The zero-order chi connectivity index (χ0) is 12.7. The molecule has 0 aliphatic heterocycles. The Hall–Kier alpha value is -0.0800. The lowest BCUT2D eigenvalue weighted by atomic mass is 9.77. The topological polar surface area (TPSA) is 32.3 Å². The van der Waals surface area contributed by atoms with Gasteiger partial charge >= 0.3 is 0 Å². The van der Waals surface area contributed by atoms with Crippen LogP contribution in [0.2, 0.25) is 0 Å². The van der Waals surface area contributed by atoms with Gasteiger partial charge in [0.15, 0.2) is 0 Å². The van der Waals surface area contributed by atoms with Gasteiger partial charge in [0.1, 0.15) is 6.23 Å². The van der Waals surface area contributed by atoms with E-state index in [-0.39, 0.29) is 6.23 Å². The fourth-order valence-corrected chi connectivity index (χ4v) is 3.34. The molecular formula is C15H31NO. The maximum absolute atomic E-state index is 9.58. The van der Waals surface area contributed by atoms with Gasteiger partial charge in [0, 0.05) is 6.04 Å². The lowest BCUT2D eigenvalue weighted by molar-refractivity contribution is 0.102. The van der Waals surface area contributed by atoms with Crippen LogP contribution < -0.4 is 5.32 Å². The Labute approximate surface area is 107 Å². The molecule has 0 aromatic rings. The van der Waals surface area contributed by atoms with Crippen molar-refractivity contribution in [3.63, 3.8) is 0 Å². The number of hydrogen-bond acceptors (Lipinski definition) is 2. The molecule has 2 nitrogen and oxygen atoms in total. The Kier molecular flexibility index (Phi) is 7.14. The number of aliphatic hydroxyl groups is 1. The predicted octanol–water partition coefficient (Wildman–Crippen LogP) is 3.69. The Morgan fingerprint density at radius 2 is 1.82 bits per heavy atom. The number of nitrogens with one attached hydrogen (secondary N) is 1. The first-order valence-corrected chi connectivity index (χ1v) is 7.59. The van der Waals surface area contributed by atoms with Gasteiger partial charge in [0.25, 0.3) is 0 Å². The minimum absolute atomic E-state index is 0.371. The number of rotatable bonds is 5. The molecule has 0 saturated heterocycles. The maximum Gasteiger partial charge on any atom is 0.102 e. The third-order valence-electron chi connectivity index (χ3n) is 4.25. The van der Waals surface area contributed by atoms with Gasteiger partial charge in [-0.2, -0.15) is 0 Å². The van der Waals surface area contributed by atoms with Crippen molar-refractivity contribution < 1.29 is 5.11 Å². The standard InChI is InChI=1S/C15H31NO/c1-4-9-15(16-13(3)17)14-11-8-6-5-7-10-12(14)2/h12-17H,4-11H2,1-3H3. The SMILES string of the molecule is CCCC(NC(C)O)C1CCCCCCC1C. The van der Waals surface area contributed by atoms with E-state index in [1.165, 1.54) is 51.4 Å². The molecule has 4 unspecified atom stereocenters. The maximum atomic E-state index is 9.58. The summed E-state index contributed by atoms with van der Waals surface area (Å²) in [6.07, 6.45) is 10.3. The Morgan fingerprint density at radius 1 is 1.18 bits per heavy atom. The van der Waals surface area contributed by atoms with Crippen molar-refractivity contribution in [3.8, 4) is 0 Å². The Bertz CT molecular complexity index is 193. The first kappa shape index (κ1) is 15.0. The first-order chi connectivity index (χ1) is 8.15. The van der Waals surface area contributed by atoms with Crippen LogP contribution in [-0.2, 0) is 0 Å². The molecule has 0 bridgehead atoms. The second-order valence-corrected chi connectivity index (χ2v) is 5.87. The highest BCUT2D eigenvalue weighted by Gasteiger charge is 2.27. The molecule has 1 rings (SSSR count). The van der Waals surface area contributed by atoms with E-state index in [4.69, 9.17) is 0 Å². The molecule has 1 fully saturated rings. The van der Waals surface area contributed by atoms with Gasteiger partial charge in [0.05, 0.1) is 0 Å². The summed E-state index contributed by atoms with van der Waals surface area (Å²) in [7, 11) is 0. The van der Waals surface area contributed by atoms with Crippen LogP contribution in [-0.4, -0.2) is 17.4 Å². The first-order valence-electron chi connectivity index (χ1n) is 7.59. The molecule has 0 spiro atoms. The molecule has 1 aliphatic rings. The van der Waals surface area contributed by atoms with Crippen LogP contribution in [0.1, 0.15) is 72.1 Å². The average molecular weight is 241 g/mol. The van der Waals surface area contributed by atoms with Crippen molar-refractivity contribution in [2.24, 2.45) is 11.8 Å². The highest BCUT2D eigenvalue weighted by Crippen LogP contribution is 2.31. The average Bonchev–Trinajstić information content (AvgIpc) is 2.23. The van der Waals surface area contributed by atoms with E-state index >= 15 is 0 Å². The van der Waals surface area contributed by atoms with E-state index in [0.29, 0.717) is 6.04 Å². The molecule has 2 heteroatoms. The minimum atomic E-state index is -0.371. The van der Waals surface area contributed by atoms with Crippen LogP contribution in [0.3, 0.4) is 0 Å². The zero-order valence-corrected chi connectivity index (χ0v) is 11.9. The van der Waals surface area contributed by atoms with Crippen LogP contribution >= 0.6 is 0 Å². The van der Waals surface area contributed by atoms with Crippen molar-refractivity contribution in [2.75, 3.05) is 0 Å². The van der Waals surface area contributed by atoms with Crippen molar-refractivity contribution in [2.45, 2.75) is 84.4 Å². The number of aliphatic hydroxyl groups excluding tert-OH is 1. The van der Waals surface area contributed by atoms with Crippen molar-refractivity contribution in [1.82, 2.24) is 5.32 Å². The molecule has 0 amide bonds. The van der Waals surface area contributed by atoms with E-state index in [2.05, 4.69) is 19.2 Å². The normalized spacial score (nSPS) is 30.4. The quantitative estimate of drug-likeness (QED) is 0.720. The van der Waals surface area contributed by atoms with Crippen molar-refractivity contribution in [3.05, 3.63) is 0 Å². The molecule has 0 aromatic carbocycles. The van der Waals surface area contributed by atoms with E-state index in [0.717, 1.165) is 11.8 Å². The van der Waals surface area contributed by atoms with E-state index < -0.39 is 0 Å². The van der Waals surface area contributed by atoms with Gasteiger partial charge in [-0.1, -0.05) is 52.4 Å². The van der Waals surface area contributed by atoms with Gasteiger partial charge in [-0.3, -0.25) is 5.32 Å². The fourth-order valence-electron chi connectivity index (χ4n) is 3.34. The van der Waals surface area contributed by atoms with Crippen LogP contribution in [0.5, 0.6) is 0 Å². The highest BCUT2D eigenvalue weighted by atomic mass is 16.3. The van der Waals surface area contributed by atoms with Crippen LogP contribution in [0.4, 0.5) is 0 Å². The van der Waals surface area contributed by atoms with Gasteiger partial charge in [-0.05, 0) is 31.6 Å². The highest BCUT2D eigenvalue weighted by molar-refractivity contribution is 4.81. The molecule has 0 aromatic heterocycles. The monoisotopic (exact) mass is 241 g/mol. The second-order valence-electron chi connectivity index (χ2n) is 5.87. The zero-order valence-electron chi connectivity index (χ0n) is 11.9. The lowest BCUT2D eigenvalue weighted by Crippen LogP contribution is -2.43. The molecule has 1 aliphatic carbocycles. The summed E-state index contributed by atoms with van der Waals surface area (Å²) in [5.41, 5.74) is 0. The van der Waals surface area contributed by atoms with Gasteiger partial charge in [-0.15, -0.1) is 0 Å².